The maximum Gasteiger partial charge on any atom is 0.185 e. The summed E-state index contributed by atoms with van der Waals surface area (Å²) in [4.78, 5) is 10.9. The molecule has 0 spiro atoms. The lowest BCUT2D eigenvalue weighted by molar-refractivity contribution is 0.122. The Morgan fingerprint density at radius 2 is 2.12 bits per heavy atom. The van der Waals surface area contributed by atoms with Gasteiger partial charge in [-0.25, -0.2) is 4.98 Å². The summed E-state index contributed by atoms with van der Waals surface area (Å²) < 4.78 is 10.8. The molecule has 26 heavy (non-hydrogen) atoms. The van der Waals surface area contributed by atoms with Gasteiger partial charge >= 0.3 is 0 Å². The van der Waals surface area contributed by atoms with E-state index in [9.17, 15) is 0 Å². The highest BCUT2D eigenvalue weighted by Gasteiger charge is 2.27. The van der Waals surface area contributed by atoms with Crippen molar-refractivity contribution in [3.63, 3.8) is 0 Å². The van der Waals surface area contributed by atoms with Crippen LogP contribution < -0.4 is 9.64 Å². The molecule has 1 atom stereocenters. The monoisotopic (exact) mass is 395 g/mol. The summed E-state index contributed by atoms with van der Waals surface area (Å²) >= 11 is 1.82. The van der Waals surface area contributed by atoms with Crippen LogP contribution in [-0.2, 0) is 11.3 Å². The molecule has 0 radical (unpaired) electrons. The van der Waals surface area contributed by atoms with Crippen LogP contribution in [0.4, 0.5) is 5.13 Å². The predicted octanol–water partition coefficient (Wildman–Crippen LogP) is 3.75. The maximum absolute atomic E-state index is 5.43. The normalized spacial score (nSPS) is 20.8. The summed E-state index contributed by atoms with van der Waals surface area (Å²) in [5, 5.41) is 1.13. The van der Waals surface area contributed by atoms with E-state index < -0.39 is 0 Å². The van der Waals surface area contributed by atoms with E-state index in [0.717, 1.165) is 50.3 Å². The van der Waals surface area contributed by atoms with Gasteiger partial charge in [-0.1, -0.05) is 12.1 Å². The highest BCUT2D eigenvalue weighted by Crippen LogP contribution is 2.35. The molecular weight excluding hydrogens is 370 g/mol. The minimum Gasteiger partial charge on any atom is -0.497 e. The molecule has 1 aromatic carbocycles. The van der Waals surface area contributed by atoms with Gasteiger partial charge in [0.15, 0.2) is 5.13 Å². The van der Waals surface area contributed by atoms with Crippen LogP contribution in [-0.4, -0.2) is 49.8 Å². The van der Waals surface area contributed by atoms with Crippen LogP contribution in [0, 0.1) is 0 Å². The molecule has 2 aromatic rings. The average Bonchev–Trinajstić information content (AvgIpc) is 3.32. The van der Waals surface area contributed by atoms with E-state index in [4.69, 9.17) is 9.47 Å². The van der Waals surface area contributed by atoms with E-state index in [-0.39, 0.29) is 12.4 Å². The summed E-state index contributed by atoms with van der Waals surface area (Å²) in [6, 6.07) is 8.98. The van der Waals surface area contributed by atoms with Crippen molar-refractivity contribution in [1.82, 2.24) is 9.88 Å². The minimum absolute atomic E-state index is 0. The van der Waals surface area contributed by atoms with Crippen molar-refractivity contribution in [3.05, 3.63) is 40.9 Å². The quantitative estimate of drug-likeness (QED) is 0.770. The van der Waals surface area contributed by atoms with Crippen molar-refractivity contribution in [2.75, 3.05) is 44.9 Å². The highest BCUT2D eigenvalue weighted by atomic mass is 35.5. The Hall–Kier alpha value is -1.34. The SMILES string of the molecule is COc1cccc(C2CCCN2Cc2cnc(N3CCOCC3)s2)c1.Cl. The van der Waals surface area contributed by atoms with Crippen LogP contribution >= 0.6 is 23.7 Å². The molecule has 5 nitrogen and oxygen atoms in total. The molecule has 2 aliphatic heterocycles. The first-order valence-corrected chi connectivity index (χ1v) is 9.80. The van der Waals surface area contributed by atoms with Gasteiger partial charge in [-0.2, -0.15) is 0 Å². The number of hydrogen-bond donors (Lipinski definition) is 0. The molecule has 3 heterocycles. The van der Waals surface area contributed by atoms with Crippen LogP contribution in [0.5, 0.6) is 5.75 Å². The van der Waals surface area contributed by atoms with Crippen molar-refractivity contribution in [2.45, 2.75) is 25.4 Å². The van der Waals surface area contributed by atoms with E-state index in [0.29, 0.717) is 6.04 Å². The average molecular weight is 396 g/mol. The highest BCUT2D eigenvalue weighted by molar-refractivity contribution is 7.15. The number of likely N-dealkylation sites (tertiary alicyclic amines) is 1. The fourth-order valence-corrected chi connectivity index (χ4v) is 4.70. The first-order chi connectivity index (χ1) is 12.3. The van der Waals surface area contributed by atoms with E-state index in [2.05, 4.69) is 39.2 Å². The van der Waals surface area contributed by atoms with Crippen molar-refractivity contribution < 1.29 is 9.47 Å². The Bertz CT molecular complexity index is 706. The zero-order valence-electron chi connectivity index (χ0n) is 15.1. The van der Waals surface area contributed by atoms with Crippen LogP contribution in [0.25, 0.3) is 0 Å². The first kappa shape index (κ1) is 19.4. The second-order valence-corrected chi connectivity index (χ2v) is 7.71. The fourth-order valence-electron chi connectivity index (χ4n) is 3.71. The summed E-state index contributed by atoms with van der Waals surface area (Å²) in [5.41, 5.74) is 1.36. The molecule has 2 saturated heterocycles. The second-order valence-electron chi connectivity index (χ2n) is 6.61. The third kappa shape index (κ3) is 4.31. The molecule has 0 amide bonds. The van der Waals surface area contributed by atoms with Gasteiger partial charge in [0.1, 0.15) is 5.75 Å². The number of morpholine rings is 1. The topological polar surface area (TPSA) is 37.8 Å². The Kier molecular flexibility index (Phi) is 6.75. The standard InChI is InChI=1S/C19H25N3O2S.ClH/c1-23-16-5-2-4-15(12-16)18-6-3-7-22(18)14-17-13-20-19(25-17)21-8-10-24-11-9-21;/h2,4-5,12-13,18H,3,6-11,14H2,1H3;1H. The molecule has 0 N–H and O–H groups in total. The Balaban J connectivity index is 0.00000196. The minimum atomic E-state index is 0. The molecule has 1 aromatic heterocycles. The van der Waals surface area contributed by atoms with Crippen LogP contribution in [0.15, 0.2) is 30.5 Å². The van der Waals surface area contributed by atoms with E-state index >= 15 is 0 Å². The number of methoxy groups -OCH3 is 1. The molecule has 0 bridgehead atoms. The molecule has 142 valence electrons. The van der Waals surface area contributed by atoms with E-state index in [1.165, 1.54) is 23.3 Å². The third-order valence-electron chi connectivity index (χ3n) is 5.02. The smallest absolute Gasteiger partial charge is 0.185 e. The molecule has 2 fully saturated rings. The van der Waals surface area contributed by atoms with Crippen LogP contribution in [0.3, 0.4) is 0 Å². The zero-order chi connectivity index (χ0) is 17.1. The van der Waals surface area contributed by atoms with Crippen molar-refractivity contribution >= 4 is 28.9 Å². The molecule has 7 heteroatoms. The van der Waals surface area contributed by atoms with Gasteiger partial charge in [0.25, 0.3) is 0 Å². The number of aromatic nitrogens is 1. The molecule has 4 rings (SSSR count). The first-order valence-electron chi connectivity index (χ1n) is 8.99. The lowest BCUT2D eigenvalue weighted by Gasteiger charge is -2.26. The van der Waals surface area contributed by atoms with Gasteiger partial charge in [-0.05, 0) is 37.1 Å². The molecule has 0 saturated carbocycles. The number of hydrogen-bond acceptors (Lipinski definition) is 6. The van der Waals surface area contributed by atoms with Gasteiger partial charge in [0, 0.05) is 36.8 Å². The van der Waals surface area contributed by atoms with Crippen molar-refractivity contribution in [2.24, 2.45) is 0 Å². The summed E-state index contributed by atoms with van der Waals surface area (Å²) in [6.45, 7) is 5.63. The number of nitrogens with zero attached hydrogens (tertiary/aromatic N) is 3. The van der Waals surface area contributed by atoms with Crippen LogP contribution in [0.1, 0.15) is 29.3 Å². The zero-order valence-corrected chi connectivity index (χ0v) is 16.7. The summed E-state index contributed by atoms with van der Waals surface area (Å²) in [7, 11) is 1.73. The van der Waals surface area contributed by atoms with Gasteiger partial charge in [-0.15, -0.1) is 23.7 Å². The van der Waals surface area contributed by atoms with Crippen molar-refractivity contribution in [1.29, 1.82) is 0 Å². The van der Waals surface area contributed by atoms with Gasteiger partial charge in [0.2, 0.25) is 0 Å². The lowest BCUT2D eigenvalue weighted by Crippen LogP contribution is -2.36. The van der Waals surface area contributed by atoms with Gasteiger partial charge in [0.05, 0.1) is 20.3 Å². The number of ether oxygens (including phenoxy) is 2. The fraction of sp³-hybridized carbons (Fsp3) is 0.526. The van der Waals surface area contributed by atoms with E-state index in [1.807, 2.05) is 17.4 Å². The summed E-state index contributed by atoms with van der Waals surface area (Å²) in [6.07, 6.45) is 4.51. The Morgan fingerprint density at radius 3 is 2.92 bits per heavy atom. The number of benzene rings is 1. The number of halogens is 1. The molecule has 2 aliphatic rings. The van der Waals surface area contributed by atoms with Gasteiger partial charge in [-0.3, -0.25) is 4.90 Å². The van der Waals surface area contributed by atoms with E-state index in [1.54, 1.807) is 7.11 Å². The molecular formula is C19H26ClN3O2S. The predicted molar refractivity (Wildman–Crippen MR) is 108 cm³/mol. The summed E-state index contributed by atoms with van der Waals surface area (Å²) in [5.74, 6) is 0.941. The van der Waals surface area contributed by atoms with Crippen molar-refractivity contribution in [3.8, 4) is 5.75 Å². The lowest BCUT2D eigenvalue weighted by atomic mass is 10.0. The maximum atomic E-state index is 5.43. The second kappa shape index (κ2) is 9.04. The number of rotatable bonds is 5. The largest absolute Gasteiger partial charge is 0.497 e. The number of thiazole rings is 1. The molecule has 0 aliphatic carbocycles. The Labute approximate surface area is 165 Å². The number of anilines is 1. The van der Waals surface area contributed by atoms with Gasteiger partial charge < -0.3 is 14.4 Å². The third-order valence-corrected chi connectivity index (χ3v) is 6.07. The van der Waals surface area contributed by atoms with Crippen LogP contribution in [0.2, 0.25) is 0 Å². The Morgan fingerprint density at radius 1 is 1.27 bits per heavy atom. The molecule has 1 unspecified atom stereocenters.